The second kappa shape index (κ2) is 6.71. The van der Waals surface area contributed by atoms with Crippen molar-refractivity contribution in [1.82, 2.24) is 9.34 Å². The first-order valence-electron chi connectivity index (χ1n) is 5.76. The van der Waals surface area contributed by atoms with Gasteiger partial charge in [-0.1, -0.05) is 0 Å². The lowest BCUT2D eigenvalue weighted by Gasteiger charge is -2.22. The van der Waals surface area contributed by atoms with Crippen LogP contribution in [0, 0.1) is 0 Å². The molecule has 0 unspecified atom stereocenters. The zero-order valence-corrected chi connectivity index (χ0v) is 13.4. The van der Waals surface area contributed by atoms with Crippen molar-refractivity contribution in [3.05, 3.63) is 23.7 Å². The van der Waals surface area contributed by atoms with Gasteiger partial charge >= 0.3 is 27.4 Å². The van der Waals surface area contributed by atoms with Crippen LogP contribution in [0.1, 0.15) is 11.5 Å². The molecule has 0 aromatic carbocycles. The number of carbonyl (C=O) groups is 2. The molecule has 0 fully saturated rings. The molecule has 0 aliphatic carbocycles. The fourth-order valence-corrected chi connectivity index (χ4v) is 2.77. The maximum Gasteiger partial charge on any atom is 0.415 e. The van der Waals surface area contributed by atoms with Crippen molar-refractivity contribution < 1.29 is 33.3 Å². The highest BCUT2D eigenvalue weighted by molar-refractivity contribution is 7.57. The summed E-state index contributed by atoms with van der Waals surface area (Å²) in [6, 6.07) is 2.55. The third kappa shape index (κ3) is 5.36. The van der Waals surface area contributed by atoms with E-state index in [1.165, 1.54) is 12.1 Å². The van der Waals surface area contributed by atoms with E-state index in [4.69, 9.17) is 36.6 Å². The summed E-state index contributed by atoms with van der Waals surface area (Å²) >= 11 is 0. The summed E-state index contributed by atoms with van der Waals surface area (Å²) in [5.41, 5.74) is 20.4. The molecule has 15 heteroatoms. The first kappa shape index (κ1) is 19.2. The van der Waals surface area contributed by atoms with Crippen molar-refractivity contribution in [3.8, 4) is 0 Å². The highest BCUT2D eigenvalue weighted by Gasteiger charge is 2.30. The van der Waals surface area contributed by atoms with E-state index in [-0.39, 0.29) is 20.9 Å². The van der Waals surface area contributed by atoms with Crippen LogP contribution in [0.5, 0.6) is 0 Å². The van der Waals surface area contributed by atoms with Crippen LogP contribution in [0.25, 0.3) is 0 Å². The van der Waals surface area contributed by atoms with Gasteiger partial charge in [-0.25, -0.2) is 18.9 Å². The molecule has 0 bridgehead atoms. The molecule has 10 N–H and O–H groups in total. The van der Waals surface area contributed by atoms with Crippen molar-refractivity contribution in [3.63, 3.8) is 0 Å². The van der Waals surface area contributed by atoms with Crippen LogP contribution in [0.2, 0.25) is 0 Å². The van der Waals surface area contributed by atoms with Crippen molar-refractivity contribution >= 4 is 27.4 Å². The van der Waals surface area contributed by atoms with Crippen LogP contribution < -0.4 is 22.0 Å². The molecule has 1 aromatic heterocycles. The fourth-order valence-electron chi connectivity index (χ4n) is 1.51. The van der Waals surface area contributed by atoms with Gasteiger partial charge < -0.3 is 14.6 Å². The van der Waals surface area contributed by atoms with Crippen LogP contribution in [0.3, 0.4) is 0 Å². The molecule has 0 saturated heterocycles. The van der Waals surface area contributed by atoms with Crippen molar-refractivity contribution in [1.29, 1.82) is 0 Å². The predicted molar refractivity (Wildman–Crippen MR) is 77.8 cm³/mol. The second-order valence-electron chi connectivity index (χ2n) is 4.39. The molecular formula is C8H16N6O7P2. The van der Waals surface area contributed by atoms with E-state index in [0.717, 1.165) is 0 Å². The van der Waals surface area contributed by atoms with Gasteiger partial charge in [0.05, 0.1) is 13.1 Å². The first-order valence-corrected chi connectivity index (χ1v) is 9.36. The van der Waals surface area contributed by atoms with Gasteiger partial charge in [0.25, 0.3) is 0 Å². The number of amides is 2. The zero-order chi connectivity index (χ0) is 18.0. The van der Waals surface area contributed by atoms with Gasteiger partial charge in [0.1, 0.15) is 11.5 Å². The Morgan fingerprint density at radius 3 is 1.43 bits per heavy atom. The zero-order valence-electron chi connectivity index (χ0n) is 11.6. The number of nitrogens with zero attached hydrogens (tertiary/aromatic N) is 2. The number of furan rings is 1. The maximum atomic E-state index is 11.5. The number of hydrogen-bond donors (Lipinski definition) is 6. The number of nitrogens with two attached hydrogens (primary N) is 4. The summed E-state index contributed by atoms with van der Waals surface area (Å²) in [6.07, 6.45) is -3.26. The van der Waals surface area contributed by atoms with E-state index in [1.807, 2.05) is 0 Å². The van der Waals surface area contributed by atoms with Crippen LogP contribution in [0.15, 0.2) is 16.5 Å². The monoisotopic (exact) mass is 370 g/mol. The van der Waals surface area contributed by atoms with Crippen LogP contribution >= 0.6 is 15.2 Å². The molecule has 0 aliphatic heterocycles. The standard InChI is InChI=1S/C8H16N6O7P2/c9-22(10,19)13(7(15)16)3-5-1-2-6(21-5)4-14(8(17)18)23(11,12)20/h1-2H,3-4H2,(H,15,16)(H,17,18)(H4,9,10,19)(H4,11,12,20). The molecule has 1 aromatic rings. The average molecular weight is 370 g/mol. The van der Waals surface area contributed by atoms with Gasteiger partial charge in [0.2, 0.25) is 0 Å². The van der Waals surface area contributed by atoms with E-state index >= 15 is 0 Å². The molecular weight excluding hydrogens is 354 g/mol. The average Bonchev–Trinajstić information content (AvgIpc) is 2.77. The Morgan fingerprint density at radius 1 is 0.913 bits per heavy atom. The minimum Gasteiger partial charge on any atom is -0.465 e. The summed E-state index contributed by atoms with van der Waals surface area (Å²) in [6.45, 7) is -1.06. The lowest BCUT2D eigenvalue weighted by molar-refractivity contribution is 0.166. The smallest absolute Gasteiger partial charge is 0.415 e. The van der Waals surface area contributed by atoms with Gasteiger partial charge in [-0.3, -0.25) is 31.1 Å². The molecule has 0 spiro atoms. The molecule has 0 aliphatic rings. The molecule has 1 heterocycles. The SMILES string of the molecule is NP(N)(=O)N(Cc1ccc(CN(C(=O)O)P(N)(N)=O)o1)C(=O)O. The van der Waals surface area contributed by atoms with Crippen LogP contribution in [0.4, 0.5) is 9.59 Å². The quantitative estimate of drug-likeness (QED) is 0.372. The minimum atomic E-state index is -4.07. The Bertz CT molecular complexity index is 636. The lowest BCUT2D eigenvalue weighted by atomic mass is 10.4. The molecule has 130 valence electrons. The fraction of sp³-hybridized carbons (Fsp3) is 0.250. The summed E-state index contributed by atoms with van der Waals surface area (Å²) in [5, 5.41) is 17.8. The van der Waals surface area contributed by atoms with Gasteiger partial charge in [-0.15, -0.1) is 0 Å². The first-order chi connectivity index (χ1) is 10.3. The van der Waals surface area contributed by atoms with E-state index in [1.54, 1.807) is 0 Å². The van der Waals surface area contributed by atoms with E-state index < -0.39 is 40.5 Å². The second-order valence-corrected chi connectivity index (χ2v) is 8.05. The third-order valence-electron chi connectivity index (χ3n) is 2.52. The number of rotatable bonds is 6. The van der Waals surface area contributed by atoms with Gasteiger partial charge in [0.15, 0.2) is 0 Å². The van der Waals surface area contributed by atoms with Crippen LogP contribution in [-0.4, -0.2) is 31.7 Å². The van der Waals surface area contributed by atoms with Gasteiger partial charge in [-0.05, 0) is 12.1 Å². The van der Waals surface area contributed by atoms with E-state index in [0.29, 0.717) is 0 Å². The molecule has 1 rings (SSSR count). The van der Waals surface area contributed by atoms with E-state index in [2.05, 4.69) is 0 Å². The lowest BCUT2D eigenvalue weighted by Crippen LogP contribution is -2.33. The Balaban J connectivity index is 2.94. The molecule has 2 amide bonds. The van der Waals surface area contributed by atoms with Crippen LogP contribution in [-0.2, 0) is 22.2 Å². The Morgan fingerprint density at radius 2 is 1.22 bits per heavy atom. The topological polar surface area (TPSA) is 232 Å². The largest absolute Gasteiger partial charge is 0.465 e. The highest BCUT2D eigenvalue weighted by atomic mass is 31.2. The Labute approximate surface area is 129 Å². The van der Waals surface area contributed by atoms with Gasteiger partial charge in [-0.2, -0.15) is 0 Å². The molecule has 23 heavy (non-hydrogen) atoms. The summed E-state index contributed by atoms with van der Waals surface area (Å²) in [4.78, 5) is 21.9. The summed E-state index contributed by atoms with van der Waals surface area (Å²) < 4.78 is 28.7. The van der Waals surface area contributed by atoms with Gasteiger partial charge in [0, 0.05) is 0 Å². The molecule has 13 nitrogen and oxygen atoms in total. The maximum absolute atomic E-state index is 11.5. The highest BCUT2D eigenvalue weighted by Crippen LogP contribution is 2.35. The van der Waals surface area contributed by atoms with E-state index in [9.17, 15) is 18.7 Å². The molecule has 0 saturated carbocycles. The Kier molecular flexibility index (Phi) is 5.59. The summed E-state index contributed by atoms with van der Waals surface area (Å²) in [7, 11) is -8.15. The van der Waals surface area contributed by atoms with Crippen molar-refractivity contribution in [2.24, 2.45) is 22.0 Å². The number of carboxylic acid groups (broad SMARTS) is 2. The van der Waals surface area contributed by atoms with Crippen molar-refractivity contribution in [2.45, 2.75) is 13.1 Å². The Hall–Kier alpha value is -1.88. The number of hydrogen-bond acceptors (Lipinski definition) is 5. The summed E-state index contributed by atoms with van der Waals surface area (Å²) in [5.74, 6) is -0.0412. The normalized spacial score (nSPS) is 12.0. The predicted octanol–water partition coefficient (Wildman–Crippen LogP) is 0.291. The van der Waals surface area contributed by atoms with Crippen molar-refractivity contribution in [2.75, 3.05) is 0 Å². The minimum absolute atomic E-state index is 0.0206. The molecule has 0 radical (unpaired) electrons. The molecule has 0 atom stereocenters. The third-order valence-corrected chi connectivity index (χ3v) is 4.66.